The fraction of sp³-hybridized carbons (Fsp3) is 0.381. The van der Waals surface area contributed by atoms with Crippen LogP contribution in [0.3, 0.4) is 0 Å². The number of nitrogens with two attached hydrogens (primary N) is 1. The first-order chi connectivity index (χ1) is 12.6. The zero-order chi connectivity index (χ0) is 18.1. The summed E-state index contributed by atoms with van der Waals surface area (Å²) >= 11 is 0. The Bertz CT molecular complexity index is 890. The van der Waals surface area contributed by atoms with Gasteiger partial charge in [-0.25, -0.2) is 9.37 Å². The molecule has 0 spiro atoms. The first kappa shape index (κ1) is 16.9. The summed E-state index contributed by atoms with van der Waals surface area (Å²) in [4.78, 5) is 6.90. The molecule has 2 aromatic rings. The summed E-state index contributed by atoms with van der Waals surface area (Å²) in [5.74, 6) is 6.69. The van der Waals surface area contributed by atoms with E-state index in [0.717, 1.165) is 41.2 Å². The van der Waals surface area contributed by atoms with Crippen molar-refractivity contribution in [3.05, 3.63) is 41.5 Å². The molecule has 0 radical (unpaired) electrons. The van der Waals surface area contributed by atoms with Crippen LogP contribution < -0.4 is 10.6 Å². The Morgan fingerprint density at radius 2 is 2.00 bits per heavy atom. The highest BCUT2D eigenvalue weighted by molar-refractivity contribution is 5.75. The Morgan fingerprint density at radius 3 is 2.73 bits per heavy atom. The predicted octanol–water partition coefficient (Wildman–Crippen LogP) is 3.38. The lowest BCUT2D eigenvalue weighted by Crippen LogP contribution is -2.36. The van der Waals surface area contributed by atoms with Gasteiger partial charge in [-0.1, -0.05) is 5.92 Å². The summed E-state index contributed by atoms with van der Waals surface area (Å²) in [5, 5.41) is 0. The second-order valence-electron chi connectivity index (χ2n) is 6.92. The minimum atomic E-state index is -0.389. The second-order valence-corrected chi connectivity index (χ2v) is 6.92. The lowest BCUT2D eigenvalue weighted by atomic mass is 10.00. The number of hydrogen-bond acceptors (Lipinski definition) is 4. The molecular weight excluding hydrogens is 329 g/mol. The number of rotatable bonds is 2. The van der Waals surface area contributed by atoms with E-state index in [-0.39, 0.29) is 11.5 Å². The van der Waals surface area contributed by atoms with E-state index >= 15 is 0 Å². The Hall–Kier alpha value is -2.58. The van der Waals surface area contributed by atoms with Gasteiger partial charge in [-0.15, -0.1) is 0 Å². The number of benzene rings is 1. The Labute approximate surface area is 153 Å². The Morgan fingerprint density at radius 1 is 1.23 bits per heavy atom. The molecule has 1 aromatic heterocycles. The average Bonchev–Trinajstić information content (AvgIpc) is 3.48. The van der Waals surface area contributed by atoms with Crippen molar-refractivity contribution >= 4 is 11.4 Å². The van der Waals surface area contributed by atoms with Crippen LogP contribution in [0.2, 0.25) is 0 Å². The number of hydrogen-bond donors (Lipinski definition) is 1. The van der Waals surface area contributed by atoms with Crippen LogP contribution in [0.25, 0.3) is 11.1 Å². The van der Waals surface area contributed by atoms with E-state index < -0.39 is 0 Å². The van der Waals surface area contributed by atoms with Crippen LogP contribution >= 0.6 is 0 Å². The fourth-order valence-electron chi connectivity index (χ4n) is 3.14. The molecule has 0 atom stereocenters. The SMILES string of the molecule is Cc1cc(F)c(N)cc1-c1cnc(C#CC2CC2)c(N2CCOCC2)c1. The molecule has 0 amide bonds. The molecule has 1 saturated heterocycles. The van der Waals surface area contributed by atoms with Gasteiger partial charge in [0.15, 0.2) is 0 Å². The van der Waals surface area contributed by atoms with E-state index in [1.165, 1.54) is 18.9 Å². The van der Waals surface area contributed by atoms with Crippen molar-refractivity contribution in [2.24, 2.45) is 5.92 Å². The van der Waals surface area contributed by atoms with E-state index in [0.29, 0.717) is 19.1 Å². The molecule has 1 aliphatic carbocycles. The largest absolute Gasteiger partial charge is 0.396 e. The molecule has 1 aliphatic heterocycles. The molecule has 2 aliphatic rings. The number of aryl methyl sites for hydroxylation is 1. The minimum absolute atomic E-state index is 0.149. The van der Waals surface area contributed by atoms with Gasteiger partial charge in [-0.2, -0.15) is 0 Å². The van der Waals surface area contributed by atoms with Crippen LogP contribution in [-0.2, 0) is 4.74 Å². The smallest absolute Gasteiger partial charge is 0.146 e. The van der Waals surface area contributed by atoms with Gasteiger partial charge in [0.1, 0.15) is 11.5 Å². The number of halogens is 1. The molecule has 0 unspecified atom stereocenters. The van der Waals surface area contributed by atoms with Crippen LogP contribution in [-0.4, -0.2) is 31.3 Å². The maximum absolute atomic E-state index is 13.7. The first-order valence-electron chi connectivity index (χ1n) is 9.02. The number of pyridine rings is 1. The van der Waals surface area contributed by atoms with Crippen molar-refractivity contribution in [2.75, 3.05) is 36.9 Å². The first-order valence-corrected chi connectivity index (χ1v) is 9.02. The molecule has 5 heteroatoms. The molecule has 2 N–H and O–H groups in total. The lowest BCUT2D eigenvalue weighted by Gasteiger charge is -2.29. The predicted molar refractivity (Wildman–Crippen MR) is 101 cm³/mol. The normalized spacial score (nSPS) is 16.9. The second kappa shape index (κ2) is 6.97. The van der Waals surface area contributed by atoms with Gasteiger partial charge in [0.25, 0.3) is 0 Å². The molecular formula is C21H22FN3O. The lowest BCUT2D eigenvalue weighted by molar-refractivity contribution is 0.122. The molecule has 4 rings (SSSR count). The van der Waals surface area contributed by atoms with Gasteiger partial charge in [-0.3, -0.25) is 0 Å². The molecule has 134 valence electrons. The maximum Gasteiger partial charge on any atom is 0.146 e. The number of ether oxygens (including phenoxy) is 1. The van der Waals surface area contributed by atoms with Gasteiger partial charge >= 0.3 is 0 Å². The minimum Gasteiger partial charge on any atom is -0.396 e. The van der Waals surface area contributed by atoms with E-state index in [4.69, 9.17) is 10.5 Å². The summed E-state index contributed by atoms with van der Waals surface area (Å²) in [6.07, 6.45) is 4.18. The van der Waals surface area contributed by atoms with Gasteiger partial charge in [0, 0.05) is 30.8 Å². The van der Waals surface area contributed by atoms with E-state index in [2.05, 4.69) is 27.8 Å². The fourth-order valence-corrected chi connectivity index (χ4v) is 3.14. The monoisotopic (exact) mass is 351 g/mol. The van der Waals surface area contributed by atoms with Crippen LogP contribution in [0.4, 0.5) is 15.8 Å². The van der Waals surface area contributed by atoms with Crippen molar-refractivity contribution in [1.82, 2.24) is 4.98 Å². The molecule has 4 nitrogen and oxygen atoms in total. The van der Waals surface area contributed by atoms with Crippen LogP contribution in [0.1, 0.15) is 24.1 Å². The summed E-state index contributed by atoms with van der Waals surface area (Å²) in [7, 11) is 0. The van der Waals surface area contributed by atoms with E-state index in [1.807, 2.05) is 6.92 Å². The number of nitrogens with zero attached hydrogens (tertiary/aromatic N) is 2. The molecule has 0 bridgehead atoms. The Kier molecular flexibility index (Phi) is 4.52. The summed E-state index contributed by atoms with van der Waals surface area (Å²) in [5.41, 5.74) is 10.4. The van der Waals surface area contributed by atoms with Crippen molar-refractivity contribution in [3.63, 3.8) is 0 Å². The van der Waals surface area contributed by atoms with Crippen LogP contribution in [0.15, 0.2) is 24.4 Å². The third-order valence-electron chi connectivity index (χ3n) is 4.85. The molecule has 26 heavy (non-hydrogen) atoms. The topological polar surface area (TPSA) is 51.4 Å². The van der Waals surface area contributed by atoms with Crippen molar-refractivity contribution < 1.29 is 9.13 Å². The molecule has 2 heterocycles. The van der Waals surface area contributed by atoms with Crippen LogP contribution in [0.5, 0.6) is 0 Å². The zero-order valence-electron chi connectivity index (χ0n) is 14.9. The summed E-state index contributed by atoms with van der Waals surface area (Å²) < 4.78 is 19.2. The Balaban J connectivity index is 1.77. The summed E-state index contributed by atoms with van der Waals surface area (Å²) in [6.45, 7) is 4.90. The number of nitrogen functional groups attached to an aromatic ring is 1. The molecule has 2 fully saturated rings. The van der Waals surface area contributed by atoms with Crippen molar-refractivity contribution in [2.45, 2.75) is 19.8 Å². The third kappa shape index (κ3) is 3.51. The van der Waals surface area contributed by atoms with Crippen molar-refractivity contribution in [1.29, 1.82) is 0 Å². The van der Waals surface area contributed by atoms with Gasteiger partial charge < -0.3 is 15.4 Å². The molecule has 1 saturated carbocycles. The van der Waals surface area contributed by atoms with Crippen LogP contribution in [0, 0.1) is 30.5 Å². The average molecular weight is 351 g/mol. The van der Waals surface area contributed by atoms with Crippen molar-refractivity contribution in [3.8, 4) is 23.0 Å². The maximum atomic E-state index is 13.7. The van der Waals surface area contributed by atoms with E-state index in [1.54, 1.807) is 12.3 Å². The summed E-state index contributed by atoms with van der Waals surface area (Å²) in [6, 6.07) is 5.25. The van der Waals surface area contributed by atoms with E-state index in [9.17, 15) is 4.39 Å². The number of morpholine rings is 1. The third-order valence-corrected chi connectivity index (χ3v) is 4.85. The number of aromatic nitrogens is 1. The standard InChI is InChI=1S/C21H22FN3O/c1-14-10-18(22)19(23)12-17(14)16-11-21(25-6-8-26-9-7-25)20(24-13-16)5-4-15-2-3-15/h10-13,15H,2-3,6-9,23H2,1H3. The highest BCUT2D eigenvalue weighted by atomic mass is 19.1. The zero-order valence-corrected chi connectivity index (χ0v) is 14.9. The van der Waals surface area contributed by atoms with Gasteiger partial charge in [0.05, 0.1) is 24.6 Å². The highest BCUT2D eigenvalue weighted by Crippen LogP contribution is 2.32. The molecule has 1 aromatic carbocycles. The highest BCUT2D eigenvalue weighted by Gasteiger charge is 2.20. The van der Waals surface area contributed by atoms with Gasteiger partial charge in [0.2, 0.25) is 0 Å². The quantitative estimate of drug-likeness (QED) is 0.666. The number of anilines is 2. The van der Waals surface area contributed by atoms with Gasteiger partial charge in [-0.05, 0) is 55.0 Å².